The average molecular weight is 255 g/mol. The fourth-order valence-corrected chi connectivity index (χ4v) is 2.30. The number of nitrogens with zero attached hydrogens (tertiary/aromatic N) is 3. The molecule has 1 amide bonds. The zero-order valence-electron chi connectivity index (χ0n) is 9.85. The molecule has 6 heteroatoms. The van der Waals surface area contributed by atoms with Gasteiger partial charge in [-0.05, 0) is 13.8 Å². The van der Waals surface area contributed by atoms with Crippen molar-refractivity contribution < 1.29 is 4.79 Å². The largest absolute Gasteiger partial charge is 0.334 e. The molecular formula is C11H15ClN4O. The summed E-state index contributed by atoms with van der Waals surface area (Å²) in [7, 11) is 0. The molecule has 2 atom stereocenters. The van der Waals surface area contributed by atoms with Crippen LogP contribution in [-0.2, 0) is 0 Å². The Kier molecular flexibility index (Phi) is 3.59. The van der Waals surface area contributed by atoms with Gasteiger partial charge in [0.1, 0.15) is 12.0 Å². The van der Waals surface area contributed by atoms with Crippen LogP contribution in [0.15, 0.2) is 12.5 Å². The first-order valence-corrected chi connectivity index (χ1v) is 5.96. The SMILES string of the molecule is CC1CN(C(=O)c2ncncc2Cl)CC(C)N1. The van der Waals surface area contributed by atoms with Crippen LogP contribution < -0.4 is 5.32 Å². The van der Waals surface area contributed by atoms with Crippen molar-refractivity contribution in [2.24, 2.45) is 0 Å². The number of carbonyl (C=O) groups excluding carboxylic acids is 1. The van der Waals surface area contributed by atoms with Crippen molar-refractivity contribution in [3.63, 3.8) is 0 Å². The van der Waals surface area contributed by atoms with Crippen LogP contribution in [0.1, 0.15) is 24.3 Å². The van der Waals surface area contributed by atoms with Gasteiger partial charge in [0.15, 0.2) is 0 Å². The lowest BCUT2D eigenvalue weighted by atomic mass is 10.1. The smallest absolute Gasteiger partial charge is 0.274 e. The molecule has 1 N–H and O–H groups in total. The second-order valence-electron chi connectivity index (χ2n) is 4.40. The van der Waals surface area contributed by atoms with E-state index in [9.17, 15) is 4.79 Å². The van der Waals surface area contributed by atoms with E-state index in [2.05, 4.69) is 29.1 Å². The normalized spacial score (nSPS) is 24.8. The highest BCUT2D eigenvalue weighted by molar-refractivity contribution is 6.33. The predicted octanol–water partition coefficient (Wildman–Crippen LogP) is 0.952. The predicted molar refractivity (Wildman–Crippen MR) is 65.0 cm³/mol. The summed E-state index contributed by atoms with van der Waals surface area (Å²) in [5.41, 5.74) is 0.281. The molecule has 2 rings (SSSR count). The van der Waals surface area contributed by atoms with Crippen LogP contribution in [0.5, 0.6) is 0 Å². The zero-order valence-corrected chi connectivity index (χ0v) is 10.6. The van der Waals surface area contributed by atoms with Crippen LogP contribution in [0, 0.1) is 0 Å². The summed E-state index contributed by atoms with van der Waals surface area (Å²) < 4.78 is 0. The number of nitrogens with one attached hydrogen (secondary N) is 1. The number of rotatable bonds is 1. The van der Waals surface area contributed by atoms with E-state index >= 15 is 0 Å². The first-order chi connectivity index (χ1) is 8.08. The summed E-state index contributed by atoms with van der Waals surface area (Å²) in [5.74, 6) is -0.127. The second-order valence-corrected chi connectivity index (χ2v) is 4.81. The van der Waals surface area contributed by atoms with E-state index in [1.54, 1.807) is 4.90 Å². The highest BCUT2D eigenvalue weighted by Gasteiger charge is 2.27. The molecule has 0 spiro atoms. The molecule has 2 heterocycles. The summed E-state index contributed by atoms with van der Waals surface area (Å²) in [6.07, 6.45) is 2.78. The Labute approximate surface area is 105 Å². The molecule has 0 radical (unpaired) electrons. The van der Waals surface area contributed by atoms with Gasteiger partial charge in [-0.1, -0.05) is 11.6 Å². The van der Waals surface area contributed by atoms with Crippen molar-refractivity contribution in [3.05, 3.63) is 23.2 Å². The molecule has 0 saturated carbocycles. The van der Waals surface area contributed by atoms with Gasteiger partial charge < -0.3 is 10.2 Å². The molecular weight excluding hydrogens is 240 g/mol. The van der Waals surface area contributed by atoms with Crippen LogP contribution in [0.4, 0.5) is 0 Å². The second kappa shape index (κ2) is 4.98. The van der Waals surface area contributed by atoms with Gasteiger partial charge in [-0.2, -0.15) is 0 Å². The van der Waals surface area contributed by atoms with E-state index in [1.165, 1.54) is 12.5 Å². The monoisotopic (exact) mass is 254 g/mol. The highest BCUT2D eigenvalue weighted by Crippen LogP contribution is 2.15. The average Bonchev–Trinajstić information content (AvgIpc) is 2.27. The molecule has 17 heavy (non-hydrogen) atoms. The summed E-state index contributed by atoms with van der Waals surface area (Å²) in [4.78, 5) is 21.7. The third-order valence-corrected chi connectivity index (χ3v) is 2.99. The molecule has 1 saturated heterocycles. The van der Waals surface area contributed by atoms with Gasteiger partial charge in [-0.25, -0.2) is 9.97 Å². The van der Waals surface area contributed by atoms with Crippen molar-refractivity contribution >= 4 is 17.5 Å². The highest BCUT2D eigenvalue weighted by atomic mass is 35.5. The maximum atomic E-state index is 12.2. The Morgan fingerprint density at radius 2 is 2.12 bits per heavy atom. The van der Waals surface area contributed by atoms with Gasteiger partial charge in [0.2, 0.25) is 0 Å². The first-order valence-electron chi connectivity index (χ1n) is 5.58. The Hall–Kier alpha value is -1.20. The van der Waals surface area contributed by atoms with Gasteiger partial charge >= 0.3 is 0 Å². The van der Waals surface area contributed by atoms with Gasteiger partial charge in [0.05, 0.1) is 5.02 Å². The number of piperazine rings is 1. The first kappa shape index (κ1) is 12.3. The van der Waals surface area contributed by atoms with Crippen LogP contribution in [-0.4, -0.2) is 45.9 Å². The molecule has 1 aromatic rings. The molecule has 2 unspecified atom stereocenters. The lowest BCUT2D eigenvalue weighted by molar-refractivity contribution is 0.0668. The lowest BCUT2D eigenvalue weighted by Crippen LogP contribution is -2.56. The van der Waals surface area contributed by atoms with E-state index in [4.69, 9.17) is 11.6 Å². The fraction of sp³-hybridized carbons (Fsp3) is 0.545. The minimum absolute atomic E-state index is 0.127. The van der Waals surface area contributed by atoms with Crippen LogP contribution in [0.25, 0.3) is 0 Å². The minimum Gasteiger partial charge on any atom is -0.334 e. The number of hydrogen-bond donors (Lipinski definition) is 1. The Morgan fingerprint density at radius 1 is 1.47 bits per heavy atom. The number of aromatic nitrogens is 2. The van der Waals surface area contributed by atoms with Crippen LogP contribution >= 0.6 is 11.6 Å². The minimum atomic E-state index is -0.127. The maximum Gasteiger partial charge on any atom is 0.274 e. The van der Waals surface area contributed by atoms with Crippen molar-refractivity contribution in [2.45, 2.75) is 25.9 Å². The van der Waals surface area contributed by atoms with Crippen molar-refractivity contribution in [3.8, 4) is 0 Å². The number of carbonyl (C=O) groups is 1. The fourth-order valence-electron chi connectivity index (χ4n) is 2.11. The van der Waals surface area contributed by atoms with Crippen molar-refractivity contribution in [1.29, 1.82) is 0 Å². The zero-order chi connectivity index (χ0) is 12.4. The number of amides is 1. The Bertz CT molecular complexity index is 416. The standard InChI is InChI=1S/C11H15ClN4O/c1-7-4-16(5-8(2)15-7)11(17)10-9(12)3-13-6-14-10/h3,6-8,15H,4-5H2,1-2H3. The molecule has 1 aliphatic rings. The third kappa shape index (κ3) is 2.73. The van der Waals surface area contributed by atoms with E-state index < -0.39 is 0 Å². The van der Waals surface area contributed by atoms with E-state index in [-0.39, 0.29) is 23.7 Å². The van der Waals surface area contributed by atoms with Crippen LogP contribution in [0.2, 0.25) is 5.02 Å². The summed E-state index contributed by atoms with van der Waals surface area (Å²) in [6, 6.07) is 0.562. The van der Waals surface area contributed by atoms with Gasteiger partial charge in [0, 0.05) is 31.4 Å². The molecule has 1 aliphatic heterocycles. The molecule has 1 aromatic heterocycles. The van der Waals surface area contributed by atoms with Gasteiger partial charge in [0.25, 0.3) is 5.91 Å². The lowest BCUT2D eigenvalue weighted by Gasteiger charge is -2.36. The molecule has 92 valence electrons. The van der Waals surface area contributed by atoms with E-state index in [0.29, 0.717) is 18.1 Å². The van der Waals surface area contributed by atoms with E-state index in [1.807, 2.05) is 0 Å². The van der Waals surface area contributed by atoms with Crippen molar-refractivity contribution in [2.75, 3.05) is 13.1 Å². The van der Waals surface area contributed by atoms with Crippen molar-refractivity contribution in [1.82, 2.24) is 20.2 Å². The molecule has 0 aromatic carbocycles. The topological polar surface area (TPSA) is 58.1 Å². The van der Waals surface area contributed by atoms with Gasteiger partial charge in [-0.15, -0.1) is 0 Å². The summed E-state index contributed by atoms with van der Waals surface area (Å²) in [5, 5.41) is 3.67. The van der Waals surface area contributed by atoms with Gasteiger partial charge in [-0.3, -0.25) is 4.79 Å². The summed E-state index contributed by atoms with van der Waals surface area (Å²) >= 11 is 5.92. The third-order valence-electron chi connectivity index (χ3n) is 2.71. The molecule has 5 nitrogen and oxygen atoms in total. The number of hydrogen-bond acceptors (Lipinski definition) is 4. The number of halogens is 1. The molecule has 0 aliphatic carbocycles. The van der Waals surface area contributed by atoms with Crippen LogP contribution in [0.3, 0.4) is 0 Å². The Morgan fingerprint density at radius 3 is 2.71 bits per heavy atom. The quantitative estimate of drug-likeness (QED) is 0.811. The molecule has 1 fully saturated rings. The Balaban J connectivity index is 2.17. The summed E-state index contributed by atoms with van der Waals surface area (Å²) in [6.45, 7) is 5.45. The molecule has 0 bridgehead atoms. The van der Waals surface area contributed by atoms with E-state index in [0.717, 1.165) is 0 Å². The maximum absolute atomic E-state index is 12.2.